The molecule has 0 heterocycles. The highest BCUT2D eigenvalue weighted by Crippen LogP contribution is 1.95. The summed E-state index contributed by atoms with van der Waals surface area (Å²) in [5.41, 5.74) is 5.47. The Morgan fingerprint density at radius 3 is 2.62 bits per heavy atom. The van der Waals surface area contributed by atoms with Gasteiger partial charge in [0.15, 0.2) is 5.84 Å². The van der Waals surface area contributed by atoms with E-state index in [9.17, 15) is 0 Å². The van der Waals surface area contributed by atoms with Crippen molar-refractivity contribution in [2.75, 3.05) is 32.8 Å². The summed E-state index contributed by atoms with van der Waals surface area (Å²) in [6.07, 6.45) is 1.04. The van der Waals surface area contributed by atoms with Crippen molar-refractivity contribution < 1.29 is 9.94 Å². The monoisotopic (exact) mass is 231 g/mol. The molecule has 16 heavy (non-hydrogen) atoms. The van der Waals surface area contributed by atoms with Crippen LogP contribution in [0.5, 0.6) is 0 Å². The van der Waals surface area contributed by atoms with Gasteiger partial charge in [-0.25, -0.2) is 0 Å². The molecule has 0 radical (unpaired) electrons. The lowest BCUT2D eigenvalue weighted by atomic mass is 10.2. The number of hydrogen-bond acceptors (Lipinski definition) is 4. The molecule has 0 rings (SSSR count). The molecule has 3 N–H and O–H groups in total. The highest BCUT2D eigenvalue weighted by molar-refractivity contribution is 5.81. The summed E-state index contributed by atoms with van der Waals surface area (Å²) in [6, 6.07) is 0. The number of amidine groups is 1. The molecule has 0 fully saturated rings. The smallest absolute Gasteiger partial charge is 0.153 e. The fraction of sp³-hybridized carbons (Fsp3) is 0.909. The Labute approximate surface area is 98.2 Å². The van der Waals surface area contributed by atoms with Gasteiger partial charge in [0.25, 0.3) is 0 Å². The molecule has 5 nitrogen and oxygen atoms in total. The van der Waals surface area contributed by atoms with Crippen molar-refractivity contribution in [3.63, 3.8) is 0 Å². The van der Waals surface area contributed by atoms with Gasteiger partial charge >= 0.3 is 0 Å². The third kappa shape index (κ3) is 8.49. The van der Waals surface area contributed by atoms with Gasteiger partial charge in [-0.05, 0) is 18.9 Å². The van der Waals surface area contributed by atoms with E-state index in [1.165, 1.54) is 0 Å². The van der Waals surface area contributed by atoms with E-state index in [0.717, 1.165) is 26.1 Å². The topological polar surface area (TPSA) is 71.1 Å². The van der Waals surface area contributed by atoms with Crippen LogP contribution in [-0.4, -0.2) is 48.8 Å². The van der Waals surface area contributed by atoms with Crippen LogP contribution in [0.25, 0.3) is 0 Å². The van der Waals surface area contributed by atoms with Crippen molar-refractivity contribution in [1.29, 1.82) is 0 Å². The van der Waals surface area contributed by atoms with Gasteiger partial charge in [-0.2, -0.15) is 0 Å². The second-order valence-corrected chi connectivity index (χ2v) is 4.34. The molecule has 0 aromatic rings. The molecular weight excluding hydrogens is 206 g/mol. The second kappa shape index (κ2) is 9.42. The van der Waals surface area contributed by atoms with Crippen LogP contribution in [0, 0.1) is 5.92 Å². The standard InChI is InChI=1S/C11H25N3O2/c1-4-5-14(8-11(12)13-15)6-7-16-9-10(2)3/h10,15H,4-9H2,1-3H3,(H2,12,13). The van der Waals surface area contributed by atoms with Gasteiger partial charge in [0.05, 0.1) is 13.2 Å². The molecule has 0 aromatic carbocycles. The van der Waals surface area contributed by atoms with Crippen LogP contribution in [-0.2, 0) is 4.74 Å². The third-order valence-electron chi connectivity index (χ3n) is 2.06. The molecule has 0 saturated heterocycles. The van der Waals surface area contributed by atoms with Crippen molar-refractivity contribution in [1.82, 2.24) is 4.90 Å². The number of ether oxygens (including phenoxy) is 1. The van der Waals surface area contributed by atoms with E-state index in [1.807, 2.05) is 0 Å². The van der Waals surface area contributed by atoms with Crippen LogP contribution in [0.4, 0.5) is 0 Å². The zero-order valence-corrected chi connectivity index (χ0v) is 10.6. The average molecular weight is 231 g/mol. The van der Waals surface area contributed by atoms with Crippen LogP contribution >= 0.6 is 0 Å². The fourth-order valence-electron chi connectivity index (χ4n) is 1.36. The third-order valence-corrected chi connectivity index (χ3v) is 2.06. The zero-order valence-electron chi connectivity index (χ0n) is 10.6. The number of nitrogens with two attached hydrogens (primary N) is 1. The summed E-state index contributed by atoms with van der Waals surface area (Å²) < 4.78 is 5.50. The van der Waals surface area contributed by atoms with Crippen molar-refractivity contribution in [3.8, 4) is 0 Å². The Kier molecular flexibility index (Phi) is 8.94. The van der Waals surface area contributed by atoms with Gasteiger partial charge in [-0.15, -0.1) is 0 Å². The summed E-state index contributed by atoms with van der Waals surface area (Å²) in [7, 11) is 0. The molecule has 0 saturated carbocycles. The predicted molar refractivity (Wildman–Crippen MR) is 65.8 cm³/mol. The van der Waals surface area contributed by atoms with E-state index < -0.39 is 0 Å². The Balaban J connectivity index is 3.76. The SMILES string of the molecule is CCCN(CCOCC(C)C)CC(N)=NO. The molecule has 0 spiro atoms. The van der Waals surface area contributed by atoms with Crippen molar-refractivity contribution in [2.24, 2.45) is 16.8 Å². The Hall–Kier alpha value is -0.810. The fourth-order valence-corrected chi connectivity index (χ4v) is 1.36. The van der Waals surface area contributed by atoms with E-state index >= 15 is 0 Å². The van der Waals surface area contributed by atoms with Gasteiger partial charge in [0.1, 0.15) is 0 Å². The molecule has 5 heteroatoms. The van der Waals surface area contributed by atoms with Crippen LogP contribution < -0.4 is 5.73 Å². The summed E-state index contributed by atoms with van der Waals surface area (Å²) in [4.78, 5) is 2.12. The normalized spacial score (nSPS) is 12.7. The summed E-state index contributed by atoms with van der Waals surface area (Å²) in [5, 5.41) is 11.5. The molecule has 0 unspecified atom stereocenters. The molecule has 96 valence electrons. The molecule has 0 aliphatic heterocycles. The minimum Gasteiger partial charge on any atom is -0.409 e. The zero-order chi connectivity index (χ0) is 12.4. The molecule has 0 aromatic heterocycles. The predicted octanol–water partition coefficient (Wildman–Crippen LogP) is 1.12. The first kappa shape index (κ1) is 15.2. The van der Waals surface area contributed by atoms with E-state index in [2.05, 4.69) is 30.8 Å². The quantitative estimate of drug-likeness (QED) is 0.205. The molecule has 0 bridgehead atoms. The Morgan fingerprint density at radius 1 is 1.44 bits per heavy atom. The van der Waals surface area contributed by atoms with Crippen LogP contribution in [0.3, 0.4) is 0 Å². The number of rotatable bonds is 9. The van der Waals surface area contributed by atoms with Gasteiger partial charge < -0.3 is 15.7 Å². The largest absolute Gasteiger partial charge is 0.409 e. The average Bonchev–Trinajstić information content (AvgIpc) is 2.24. The maximum absolute atomic E-state index is 8.50. The van der Waals surface area contributed by atoms with Gasteiger partial charge in [0.2, 0.25) is 0 Å². The van der Waals surface area contributed by atoms with Crippen molar-refractivity contribution in [3.05, 3.63) is 0 Å². The lowest BCUT2D eigenvalue weighted by Gasteiger charge is -2.20. The lowest BCUT2D eigenvalue weighted by molar-refractivity contribution is 0.0889. The van der Waals surface area contributed by atoms with Crippen LogP contribution in [0.1, 0.15) is 27.2 Å². The van der Waals surface area contributed by atoms with Gasteiger partial charge in [-0.3, -0.25) is 4.90 Å². The molecule has 0 aliphatic rings. The summed E-state index contributed by atoms with van der Waals surface area (Å²) >= 11 is 0. The van der Waals surface area contributed by atoms with E-state index in [0.29, 0.717) is 19.1 Å². The Bertz CT molecular complexity index is 196. The number of oxime groups is 1. The van der Waals surface area contributed by atoms with Crippen LogP contribution in [0.15, 0.2) is 5.16 Å². The lowest BCUT2D eigenvalue weighted by Crippen LogP contribution is -2.36. The summed E-state index contributed by atoms with van der Waals surface area (Å²) in [5.74, 6) is 0.806. The highest BCUT2D eigenvalue weighted by Gasteiger charge is 2.06. The first-order valence-electron chi connectivity index (χ1n) is 5.86. The van der Waals surface area contributed by atoms with E-state index in [-0.39, 0.29) is 5.84 Å². The minimum atomic E-state index is 0.248. The highest BCUT2D eigenvalue weighted by atomic mass is 16.5. The number of hydrogen-bond donors (Lipinski definition) is 2. The van der Waals surface area contributed by atoms with Crippen molar-refractivity contribution in [2.45, 2.75) is 27.2 Å². The Morgan fingerprint density at radius 2 is 2.12 bits per heavy atom. The molecule has 0 atom stereocenters. The van der Waals surface area contributed by atoms with Crippen molar-refractivity contribution >= 4 is 5.84 Å². The summed E-state index contributed by atoms with van der Waals surface area (Å²) in [6.45, 7) is 10.1. The molecular formula is C11H25N3O2. The first-order valence-corrected chi connectivity index (χ1v) is 5.86. The van der Waals surface area contributed by atoms with Gasteiger partial charge in [0, 0.05) is 13.2 Å². The maximum Gasteiger partial charge on any atom is 0.153 e. The van der Waals surface area contributed by atoms with Crippen LogP contribution in [0.2, 0.25) is 0 Å². The minimum absolute atomic E-state index is 0.248. The molecule has 0 amide bonds. The molecule has 0 aliphatic carbocycles. The maximum atomic E-state index is 8.50. The number of nitrogens with zero attached hydrogens (tertiary/aromatic N) is 2. The second-order valence-electron chi connectivity index (χ2n) is 4.34. The van der Waals surface area contributed by atoms with Gasteiger partial charge in [-0.1, -0.05) is 25.9 Å². The first-order chi connectivity index (χ1) is 7.60. The van der Waals surface area contributed by atoms with E-state index in [4.69, 9.17) is 15.7 Å². The van der Waals surface area contributed by atoms with E-state index in [1.54, 1.807) is 0 Å².